The summed E-state index contributed by atoms with van der Waals surface area (Å²) >= 11 is 11.7. The smallest absolute Gasteiger partial charge is 0.255 e. The molecule has 0 unspecified atom stereocenters. The zero-order valence-electron chi connectivity index (χ0n) is 13.9. The number of benzene rings is 2. The first-order chi connectivity index (χ1) is 12.6. The van der Waals surface area contributed by atoms with Gasteiger partial charge in [0.2, 0.25) is 0 Å². The lowest BCUT2D eigenvalue weighted by Gasteiger charge is -2.08. The Morgan fingerprint density at radius 2 is 1.54 bits per heavy atom. The topological polar surface area (TPSA) is 54.0 Å². The Bertz CT molecular complexity index is 863. The molecular weight excluding hydrogens is 369 g/mol. The van der Waals surface area contributed by atoms with Crippen molar-refractivity contribution in [2.75, 3.05) is 17.2 Å². The minimum atomic E-state index is -0.202. The van der Waals surface area contributed by atoms with Gasteiger partial charge in [0, 0.05) is 22.2 Å². The van der Waals surface area contributed by atoms with Crippen LogP contribution in [0.25, 0.3) is 0 Å². The molecule has 3 rings (SSSR count). The molecule has 1 heterocycles. The molecule has 132 valence electrons. The summed E-state index contributed by atoms with van der Waals surface area (Å²) in [4.78, 5) is 16.5. The first kappa shape index (κ1) is 18.2. The maximum Gasteiger partial charge on any atom is 0.255 e. The number of carbonyl (C=O) groups is 1. The maximum atomic E-state index is 12.2. The van der Waals surface area contributed by atoms with Gasteiger partial charge in [0.05, 0.1) is 11.9 Å². The van der Waals surface area contributed by atoms with Crippen LogP contribution in [0.1, 0.15) is 15.9 Å². The molecule has 0 bridgehead atoms. The first-order valence-electron chi connectivity index (χ1n) is 8.11. The van der Waals surface area contributed by atoms with E-state index >= 15 is 0 Å². The summed E-state index contributed by atoms with van der Waals surface area (Å²) in [6.45, 7) is 0.755. The molecule has 1 aromatic heterocycles. The highest BCUT2D eigenvalue weighted by Gasteiger charge is 2.06. The molecule has 0 aliphatic carbocycles. The highest BCUT2D eigenvalue weighted by Crippen LogP contribution is 2.14. The number of aromatic nitrogens is 1. The summed E-state index contributed by atoms with van der Waals surface area (Å²) in [5.74, 6) is 0.551. The summed E-state index contributed by atoms with van der Waals surface area (Å²) < 4.78 is 0. The van der Waals surface area contributed by atoms with E-state index in [2.05, 4.69) is 15.6 Å². The fraction of sp³-hybridized carbons (Fsp3) is 0.100. The molecule has 0 radical (unpaired) electrons. The quantitative estimate of drug-likeness (QED) is 0.605. The first-order valence-corrected chi connectivity index (χ1v) is 8.87. The third-order valence-electron chi connectivity index (χ3n) is 3.76. The minimum absolute atomic E-state index is 0.202. The molecule has 2 N–H and O–H groups in total. The second-order valence-electron chi connectivity index (χ2n) is 5.70. The molecule has 0 atom stereocenters. The monoisotopic (exact) mass is 385 g/mol. The van der Waals surface area contributed by atoms with Gasteiger partial charge in [0.1, 0.15) is 5.82 Å². The number of carbonyl (C=O) groups excluding carboxylic acids is 1. The molecule has 0 aliphatic rings. The zero-order chi connectivity index (χ0) is 18.4. The molecule has 0 saturated carbocycles. The van der Waals surface area contributed by atoms with E-state index in [-0.39, 0.29) is 5.91 Å². The Balaban J connectivity index is 1.50. The number of nitrogens with one attached hydrogen (secondary N) is 2. The number of pyridine rings is 1. The number of halogens is 2. The third kappa shape index (κ3) is 5.22. The Hall–Kier alpha value is -2.56. The third-order valence-corrected chi connectivity index (χ3v) is 4.26. The highest BCUT2D eigenvalue weighted by atomic mass is 35.5. The van der Waals surface area contributed by atoms with E-state index in [1.165, 1.54) is 5.56 Å². The number of anilines is 2. The molecule has 0 fully saturated rings. The molecule has 3 aromatic rings. The van der Waals surface area contributed by atoms with Crippen molar-refractivity contribution in [2.45, 2.75) is 6.42 Å². The van der Waals surface area contributed by atoms with Crippen LogP contribution in [0.3, 0.4) is 0 Å². The molecule has 0 spiro atoms. The molecule has 26 heavy (non-hydrogen) atoms. The fourth-order valence-electron chi connectivity index (χ4n) is 2.36. The lowest BCUT2D eigenvalue weighted by molar-refractivity contribution is 0.102. The summed E-state index contributed by atoms with van der Waals surface area (Å²) in [5.41, 5.74) is 2.38. The van der Waals surface area contributed by atoms with E-state index in [1.54, 1.807) is 30.5 Å². The number of nitrogens with zero attached hydrogens (tertiary/aromatic N) is 1. The Kier molecular flexibility index (Phi) is 6.10. The van der Waals surface area contributed by atoms with Crippen LogP contribution in [0.5, 0.6) is 0 Å². The van der Waals surface area contributed by atoms with Crippen LogP contribution in [0.2, 0.25) is 10.0 Å². The molecule has 2 aromatic carbocycles. The van der Waals surface area contributed by atoms with E-state index in [4.69, 9.17) is 23.2 Å². The van der Waals surface area contributed by atoms with Crippen LogP contribution in [0, 0.1) is 0 Å². The summed E-state index contributed by atoms with van der Waals surface area (Å²) in [6, 6.07) is 18.1. The molecule has 0 saturated heterocycles. The number of rotatable bonds is 6. The minimum Gasteiger partial charge on any atom is -0.370 e. The Labute approximate surface area is 162 Å². The lowest BCUT2D eigenvalue weighted by atomic mass is 10.1. The van der Waals surface area contributed by atoms with Crippen molar-refractivity contribution in [1.29, 1.82) is 0 Å². The Morgan fingerprint density at radius 3 is 2.15 bits per heavy atom. The van der Waals surface area contributed by atoms with Crippen LogP contribution in [-0.4, -0.2) is 17.4 Å². The van der Waals surface area contributed by atoms with E-state index in [1.807, 2.05) is 36.4 Å². The summed E-state index contributed by atoms with van der Waals surface area (Å²) in [5, 5.41) is 7.39. The van der Waals surface area contributed by atoms with E-state index in [9.17, 15) is 4.79 Å². The molecular formula is C20H17Cl2N3O. The fourth-order valence-corrected chi connectivity index (χ4v) is 2.61. The maximum absolute atomic E-state index is 12.2. The van der Waals surface area contributed by atoms with Gasteiger partial charge in [-0.25, -0.2) is 4.98 Å². The van der Waals surface area contributed by atoms with Gasteiger partial charge in [-0.15, -0.1) is 0 Å². The predicted octanol–water partition coefficient (Wildman–Crippen LogP) is 5.30. The number of amides is 1. The largest absolute Gasteiger partial charge is 0.370 e. The second kappa shape index (κ2) is 8.70. The van der Waals surface area contributed by atoms with Gasteiger partial charge in [-0.05, 0) is 60.5 Å². The van der Waals surface area contributed by atoms with E-state index in [0.29, 0.717) is 16.3 Å². The van der Waals surface area contributed by atoms with Gasteiger partial charge >= 0.3 is 0 Å². The standard InChI is InChI=1S/C20H17Cl2N3O/c21-16-5-1-14(2-6-16)11-12-23-19-10-9-18(13-24-19)25-20(26)15-3-7-17(22)8-4-15/h1-10,13H,11-12H2,(H,23,24)(H,25,26). The number of hydrogen-bond donors (Lipinski definition) is 2. The Morgan fingerprint density at radius 1 is 0.885 bits per heavy atom. The van der Waals surface area contributed by atoms with E-state index < -0.39 is 0 Å². The molecule has 1 amide bonds. The zero-order valence-corrected chi connectivity index (χ0v) is 15.4. The van der Waals surface area contributed by atoms with Crippen LogP contribution in [0.15, 0.2) is 66.9 Å². The second-order valence-corrected chi connectivity index (χ2v) is 6.57. The average molecular weight is 386 g/mol. The van der Waals surface area contributed by atoms with Crippen LogP contribution in [0.4, 0.5) is 11.5 Å². The summed E-state index contributed by atoms with van der Waals surface area (Å²) in [7, 11) is 0. The van der Waals surface area contributed by atoms with Gasteiger partial charge < -0.3 is 10.6 Å². The van der Waals surface area contributed by atoms with Crippen molar-refractivity contribution in [2.24, 2.45) is 0 Å². The van der Waals surface area contributed by atoms with Crippen molar-refractivity contribution in [1.82, 2.24) is 4.98 Å². The van der Waals surface area contributed by atoms with Gasteiger partial charge in [-0.2, -0.15) is 0 Å². The van der Waals surface area contributed by atoms with Crippen LogP contribution < -0.4 is 10.6 Å². The van der Waals surface area contributed by atoms with Crippen LogP contribution in [-0.2, 0) is 6.42 Å². The average Bonchev–Trinajstić information content (AvgIpc) is 2.65. The van der Waals surface area contributed by atoms with E-state index in [0.717, 1.165) is 23.8 Å². The normalized spacial score (nSPS) is 10.4. The number of hydrogen-bond acceptors (Lipinski definition) is 3. The molecule has 6 heteroatoms. The van der Waals surface area contributed by atoms with Crippen molar-refractivity contribution >= 4 is 40.6 Å². The van der Waals surface area contributed by atoms with Crippen molar-refractivity contribution in [3.05, 3.63) is 88.0 Å². The molecule has 0 aliphatic heterocycles. The van der Waals surface area contributed by atoms with Crippen molar-refractivity contribution in [3.63, 3.8) is 0 Å². The van der Waals surface area contributed by atoms with Crippen LogP contribution >= 0.6 is 23.2 Å². The lowest BCUT2D eigenvalue weighted by Crippen LogP contribution is -2.12. The highest BCUT2D eigenvalue weighted by molar-refractivity contribution is 6.30. The van der Waals surface area contributed by atoms with Crippen molar-refractivity contribution in [3.8, 4) is 0 Å². The van der Waals surface area contributed by atoms with Gasteiger partial charge in [0.25, 0.3) is 5.91 Å². The molecule has 4 nitrogen and oxygen atoms in total. The predicted molar refractivity (Wildman–Crippen MR) is 107 cm³/mol. The van der Waals surface area contributed by atoms with Gasteiger partial charge in [0.15, 0.2) is 0 Å². The SMILES string of the molecule is O=C(Nc1ccc(NCCc2ccc(Cl)cc2)nc1)c1ccc(Cl)cc1. The van der Waals surface area contributed by atoms with Gasteiger partial charge in [-0.1, -0.05) is 35.3 Å². The van der Waals surface area contributed by atoms with Gasteiger partial charge in [-0.3, -0.25) is 4.79 Å². The summed E-state index contributed by atoms with van der Waals surface area (Å²) in [6.07, 6.45) is 2.49. The van der Waals surface area contributed by atoms with Crippen molar-refractivity contribution < 1.29 is 4.79 Å².